The van der Waals surface area contributed by atoms with E-state index in [1.807, 2.05) is 11.3 Å². The van der Waals surface area contributed by atoms with Gasteiger partial charge in [0.1, 0.15) is 0 Å². The summed E-state index contributed by atoms with van der Waals surface area (Å²) in [4.78, 5) is 9.06. The molecule has 0 bridgehead atoms. The van der Waals surface area contributed by atoms with Crippen molar-refractivity contribution < 1.29 is 0 Å². The molecule has 1 aromatic heterocycles. The summed E-state index contributed by atoms with van der Waals surface area (Å²) >= 11 is 1.95. The maximum Gasteiger partial charge on any atom is 0.185 e. The van der Waals surface area contributed by atoms with E-state index in [9.17, 15) is 0 Å². The smallest absolute Gasteiger partial charge is 0.185 e. The lowest BCUT2D eigenvalue weighted by Crippen LogP contribution is -2.23. The maximum absolute atomic E-state index is 5.02. The molecule has 4 heteroatoms. The zero-order chi connectivity index (χ0) is 13.8. The Balaban J connectivity index is 1.71. The Morgan fingerprint density at radius 3 is 2.60 bits per heavy atom. The fourth-order valence-electron chi connectivity index (χ4n) is 2.93. The Morgan fingerprint density at radius 2 is 1.95 bits per heavy atom. The van der Waals surface area contributed by atoms with Gasteiger partial charge >= 0.3 is 0 Å². The normalized spacial score (nSPS) is 20.1. The zero-order valence-electron chi connectivity index (χ0n) is 12.7. The molecule has 1 N–H and O–H groups in total. The summed E-state index contributed by atoms with van der Waals surface area (Å²) in [5.41, 5.74) is 1.41. The van der Waals surface area contributed by atoms with Crippen LogP contribution in [0, 0.1) is 0 Å². The number of aromatic nitrogens is 1. The van der Waals surface area contributed by atoms with Crippen molar-refractivity contribution in [1.82, 2.24) is 10.3 Å². The predicted molar refractivity (Wildman–Crippen MR) is 86.8 cm³/mol. The molecule has 2 aliphatic rings. The van der Waals surface area contributed by atoms with Crippen LogP contribution in [0.2, 0.25) is 0 Å². The topological polar surface area (TPSA) is 28.2 Å². The summed E-state index contributed by atoms with van der Waals surface area (Å²) in [7, 11) is 0. The van der Waals surface area contributed by atoms with E-state index in [0.717, 1.165) is 19.0 Å². The molecular weight excluding hydrogens is 266 g/mol. The van der Waals surface area contributed by atoms with Crippen molar-refractivity contribution in [3.05, 3.63) is 10.6 Å². The third-order valence-electron chi connectivity index (χ3n) is 4.27. The fraction of sp³-hybridized carbons (Fsp3) is 0.812. The van der Waals surface area contributed by atoms with Crippen LogP contribution in [0.15, 0.2) is 0 Å². The standard InChI is InChI=1S/C16H27N3S/c1-2-9-17-12-14-15(13-7-8-13)18-16(20-14)19-10-5-3-4-6-11-19/h13,17H,2-12H2,1H3. The van der Waals surface area contributed by atoms with Crippen LogP contribution in [0.4, 0.5) is 5.13 Å². The number of hydrogen-bond donors (Lipinski definition) is 1. The van der Waals surface area contributed by atoms with Crippen LogP contribution in [0.5, 0.6) is 0 Å². The number of nitrogens with one attached hydrogen (secondary N) is 1. The molecule has 20 heavy (non-hydrogen) atoms. The molecule has 0 aromatic carbocycles. The molecular formula is C16H27N3S. The van der Waals surface area contributed by atoms with Gasteiger partial charge in [-0.3, -0.25) is 0 Å². The van der Waals surface area contributed by atoms with Crippen LogP contribution in [0.25, 0.3) is 0 Å². The minimum atomic E-state index is 0.769. The molecule has 0 amide bonds. The van der Waals surface area contributed by atoms with Gasteiger partial charge in [-0.15, -0.1) is 11.3 Å². The molecule has 2 heterocycles. The molecule has 3 nitrogen and oxygen atoms in total. The van der Waals surface area contributed by atoms with E-state index < -0.39 is 0 Å². The van der Waals surface area contributed by atoms with Gasteiger partial charge < -0.3 is 10.2 Å². The van der Waals surface area contributed by atoms with Gasteiger partial charge in [-0.1, -0.05) is 19.8 Å². The monoisotopic (exact) mass is 293 g/mol. The quantitative estimate of drug-likeness (QED) is 0.806. The minimum Gasteiger partial charge on any atom is -0.348 e. The van der Waals surface area contributed by atoms with E-state index in [1.54, 1.807) is 0 Å². The van der Waals surface area contributed by atoms with Crippen molar-refractivity contribution in [2.75, 3.05) is 24.5 Å². The SMILES string of the molecule is CCCNCc1sc(N2CCCCCC2)nc1C1CC1. The van der Waals surface area contributed by atoms with Gasteiger partial charge in [0.05, 0.1) is 5.69 Å². The molecule has 3 rings (SSSR count). The second kappa shape index (κ2) is 6.90. The molecule has 2 fully saturated rings. The van der Waals surface area contributed by atoms with Crippen molar-refractivity contribution in [3.8, 4) is 0 Å². The van der Waals surface area contributed by atoms with E-state index >= 15 is 0 Å². The number of hydrogen-bond acceptors (Lipinski definition) is 4. The number of thiazole rings is 1. The highest BCUT2D eigenvalue weighted by Gasteiger charge is 2.30. The molecule has 112 valence electrons. The van der Waals surface area contributed by atoms with Crippen LogP contribution in [0.3, 0.4) is 0 Å². The van der Waals surface area contributed by atoms with Crippen LogP contribution in [-0.2, 0) is 6.54 Å². The van der Waals surface area contributed by atoms with Gasteiger partial charge in [0.15, 0.2) is 5.13 Å². The van der Waals surface area contributed by atoms with Crippen LogP contribution >= 0.6 is 11.3 Å². The number of rotatable bonds is 6. The molecule has 1 aromatic rings. The Labute approximate surface area is 126 Å². The average molecular weight is 293 g/mol. The molecule has 0 unspecified atom stereocenters. The van der Waals surface area contributed by atoms with E-state index in [2.05, 4.69) is 17.1 Å². The first-order valence-corrected chi connectivity index (χ1v) is 9.15. The van der Waals surface area contributed by atoms with Gasteiger partial charge in [-0.2, -0.15) is 0 Å². The summed E-state index contributed by atoms with van der Waals surface area (Å²) in [5.74, 6) is 0.769. The van der Waals surface area contributed by atoms with Crippen molar-refractivity contribution in [2.24, 2.45) is 0 Å². The highest BCUT2D eigenvalue weighted by atomic mass is 32.1. The first-order valence-electron chi connectivity index (χ1n) is 8.33. The van der Waals surface area contributed by atoms with Crippen molar-refractivity contribution in [1.29, 1.82) is 0 Å². The molecule has 0 spiro atoms. The van der Waals surface area contributed by atoms with Crippen molar-refractivity contribution >= 4 is 16.5 Å². The minimum absolute atomic E-state index is 0.769. The maximum atomic E-state index is 5.02. The molecule has 1 saturated heterocycles. The molecule has 1 aliphatic carbocycles. The average Bonchev–Trinajstić information content (AvgIpc) is 3.26. The summed E-state index contributed by atoms with van der Waals surface area (Å²) in [5, 5.41) is 4.85. The van der Waals surface area contributed by atoms with Gasteiger partial charge in [-0.05, 0) is 38.6 Å². The first kappa shape index (κ1) is 14.3. The Morgan fingerprint density at radius 1 is 1.20 bits per heavy atom. The fourth-order valence-corrected chi connectivity index (χ4v) is 4.10. The summed E-state index contributed by atoms with van der Waals surface area (Å²) in [6, 6.07) is 0. The van der Waals surface area contributed by atoms with E-state index in [4.69, 9.17) is 4.98 Å². The predicted octanol–water partition coefficient (Wildman–Crippen LogP) is 3.90. The second-order valence-electron chi connectivity index (χ2n) is 6.16. The molecule has 0 atom stereocenters. The lowest BCUT2D eigenvalue weighted by Gasteiger charge is -2.18. The number of anilines is 1. The summed E-state index contributed by atoms with van der Waals surface area (Å²) in [6.45, 7) is 6.77. The largest absolute Gasteiger partial charge is 0.348 e. The Kier molecular flexibility index (Phi) is 4.94. The van der Waals surface area contributed by atoms with E-state index in [1.165, 1.54) is 73.7 Å². The van der Waals surface area contributed by atoms with Crippen molar-refractivity contribution in [3.63, 3.8) is 0 Å². The van der Waals surface area contributed by atoms with Gasteiger partial charge in [0.25, 0.3) is 0 Å². The van der Waals surface area contributed by atoms with Crippen LogP contribution < -0.4 is 10.2 Å². The lowest BCUT2D eigenvalue weighted by atomic mass is 10.2. The third kappa shape index (κ3) is 3.53. The highest BCUT2D eigenvalue weighted by molar-refractivity contribution is 7.15. The second-order valence-corrected chi connectivity index (χ2v) is 7.22. The highest BCUT2D eigenvalue weighted by Crippen LogP contribution is 2.44. The number of nitrogens with zero attached hydrogens (tertiary/aromatic N) is 2. The van der Waals surface area contributed by atoms with Crippen molar-refractivity contribution in [2.45, 2.75) is 64.3 Å². The van der Waals surface area contributed by atoms with Gasteiger partial charge in [0, 0.05) is 30.4 Å². The van der Waals surface area contributed by atoms with Gasteiger partial charge in [0.2, 0.25) is 0 Å². The molecule has 1 aliphatic heterocycles. The Hall–Kier alpha value is -0.610. The summed E-state index contributed by atoms with van der Waals surface area (Å²) in [6.07, 6.45) is 9.36. The first-order chi connectivity index (χ1) is 9.88. The molecule has 0 radical (unpaired) electrons. The van der Waals surface area contributed by atoms with Crippen LogP contribution in [0.1, 0.15) is 68.4 Å². The third-order valence-corrected chi connectivity index (χ3v) is 5.40. The summed E-state index contributed by atoms with van der Waals surface area (Å²) < 4.78 is 0. The van der Waals surface area contributed by atoms with Crippen LogP contribution in [-0.4, -0.2) is 24.6 Å². The van der Waals surface area contributed by atoms with E-state index in [-0.39, 0.29) is 0 Å². The molecule has 1 saturated carbocycles. The lowest BCUT2D eigenvalue weighted by molar-refractivity contribution is 0.676. The van der Waals surface area contributed by atoms with E-state index in [0.29, 0.717) is 0 Å². The Bertz CT molecular complexity index is 417. The van der Waals surface area contributed by atoms with Gasteiger partial charge in [-0.25, -0.2) is 4.98 Å². The zero-order valence-corrected chi connectivity index (χ0v) is 13.5.